The van der Waals surface area contributed by atoms with Gasteiger partial charge in [-0.1, -0.05) is 309 Å². The number of benzene rings is 15. The Morgan fingerprint density at radius 3 is 0.512 bits per heavy atom. The Labute approximate surface area is 488 Å². The molecule has 0 saturated heterocycles. The number of aromatic nitrogens is 1. The van der Waals surface area contributed by atoms with Gasteiger partial charge in [0, 0.05) is 11.1 Å². The van der Waals surface area contributed by atoms with Gasteiger partial charge < -0.3 is 0 Å². The van der Waals surface area contributed by atoms with Gasteiger partial charge in [0.25, 0.3) is 0 Å². The lowest BCUT2D eigenvalue weighted by Crippen LogP contribution is -1.93. The molecule has 0 aliphatic carbocycles. The Hall–Kier alpha value is -11.0. The number of nitrogens with zero attached hydrogens (tertiary/aromatic N) is 1. The highest BCUT2D eigenvalue weighted by molar-refractivity contribution is 6.24. The molecule has 390 valence electrons. The SMILES string of the molecule is c1ccc(-c2c3ccccc3c(-c3ccc(-c4cc(-c5ccc(-c6c7ccccc7c(-c7ccccc7)c7ccccc67)cc5)nc(-c5ccc(-c6c7ccccc7c(-c7ccccc7)c7ccccc67)cc5)c4)cc3)c3ccccc23)cc1. The van der Waals surface area contributed by atoms with Crippen molar-refractivity contribution < 1.29 is 0 Å². The predicted molar refractivity (Wildman–Crippen MR) is 358 cm³/mol. The second-order valence-corrected chi connectivity index (χ2v) is 22.0. The third-order valence-electron chi connectivity index (χ3n) is 17.3. The molecule has 0 aliphatic heterocycles. The Balaban J connectivity index is 0.839. The van der Waals surface area contributed by atoms with E-state index in [0.29, 0.717) is 0 Å². The molecular formula is C83H53N. The van der Waals surface area contributed by atoms with E-state index in [1.54, 1.807) is 0 Å². The highest BCUT2D eigenvalue weighted by Gasteiger charge is 2.21. The second-order valence-electron chi connectivity index (χ2n) is 22.0. The Morgan fingerprint density at radius 2 is 0.298 bits per heavy atom. The van der Waals surface area contributed by atoms with Crippen LogP contribution >= 0.6 is 0 Å². The normalized spacial score (nSPS) is 11.6. The molecule has 15 aromatic carbocycles. The first-order chi connectivity index (χ1) is 41.7. The summed E-state index contributed by atoms with van der Waals surface area (Å²) in [5.41, 5.74) is 20.9. The number of fused-ring (bicyclic) bond motifs is 6. The van der Waals surface area contributed by atoms with Crippen molar-refractivity contribution in [2.24, 2.45) is 0 Å². The van der Waals surface area contributed by atoms with E-state index in [0.717, 1.165) is 33.6 Å². The Bertz CT molecular complexity index is 4480. The standard InChI is InChI=1S/C83H53N/c1-4-22-57(23-5-1)78-64-28-10-16-34-70(64)81(71-35-17-11-29-65(71)78)60-46-40-54(41-47-60)63-52-76(55-42-48-61(49-43-55)82-72-36-18-12-30-66(72)79(58-24-6-2-7-25-58)67-31-13-19-37-73(67)82)84-77(53-63)56-44-50-62(51-45-56)83-74-38-20-14-32-68(74)80(59-26-8-3-9-27-59)69-33-15-21-39-75(69)83/h1-53H. The molecule has 0 bridgehead atoms. The van der Waals surface area contributed by atoms with Gasteiger partial charge >= 0.3 is 0 Å². The Kier molecular flexibility index (Phi) is 11.9. The van der Waals surface area contributed by atoms with Crippen LogP contribution < -0.4 is 0 Å². The van der Waals surface area contributed by atoms with Crippen LogP contribution in [-0.2, 0) is 0 Å². The van der Waals surface area contributed by atoms with Crippen molar-refractivity contribution in [1.82, 2.24) is 4.98 Å². The summed E-state index contributed by atoms with van der Waals surface area (Å²) >= 11 is 0. The average molecular weight is 1060 g/mol. The van der Waals surface area contributed by atoms with E-state index in [-0.39, 0.29) is 0 Å². The summed E-state index contributed by atoms with van der Waals surface area (Å²) < 4.78 is 0. The summed E-state index contributed by atoms with van der Waals surface area (Å²) in [5, 5.41) is 14.9. The molecule has 0 saturated carbocycles. The van der Waals surface area contributed by atoms with Crippen LogP contribution in [0.15, 0.2) is 322 Å². The predicted octanol–water partition coefficient (Wildman–Crippen LogP) is 23.0. The second kappa shape index (κ2) is 20.5. The fourth-order valence-corrected chi connectivity index (χ4v) is 13.5. The van der Waals surface area contributed by atoms with Crippen molar-refractivity contribution in [3.8, 4) is 100 Å². The molecule has 0 spiro atoms. The van der Waals surface area contributed by atoms with Crippen molar-refractivity contribution in [2.45, 2.75) is 0 Å². The topological polar surface area (TPSA) is 12.9 Å². The maximum absolute atomic E-state index is 5.56. The number of hydrogen-bond acceptors (Lipinski definition) is 1. The molecule has 1 heteroatoms. The molecule has 0 amide bonds. The van der Waals surface area contributed by atoms with Crippen LogP contribution in [0.4, 0.5) is 0 Å². The summed E-state index contributed by atoms with van der Waals surface area (Å²) in [4.78, 5) is 5.56. The molecule has 1 nitrogen and oxygen atoms in total. The number of hydrogen-bond donors (Lipinski definition) is 0. The van der Waals surface area contributed by atoms with Crippen LogP contribution in [0.3, 0.4) is 0 Å². The van der Waals surface area contributed by atoms with Crippen LogP contribution in [0.1, 0.15) is 0 Å². The van der Waals surface area contributed by atoms with Crippen LogP contribution in [0, 0.1) is 0 Å². The molecule has 0 unspecified atom stereocenters. The van der Waals surface area contributed by atoms with Gasteiger partial charge in [-0.25, -0.2) is 4.98 Å². The van der Waals surface area contributed by atoms with Crippen LogP contribution in [0.25, 0.3) is 165 Å². The number of pyridine rings is 1. The van der Waals surface area contributed by atoms with Gasteiger partial charge in [0.1, 0.15) is 0 Å². The zero-order chi connectivity index (χ0) is 55.5. The van der Waals surface area contributed by atoms with Crippen LogP contribution in [0.5, 0.6) is 0 Å². The van der Waals surface area contributed by atoms with Crippen LogP contribution in [-0.4, -0.2) is 4.98 Å². The van der Waals surface area contributed by atoms with E-state index in [1.807, 2.05) is 0 Å². The van der Waals surface area contributed by atoms with E-state index >= 15 is 0 Å². The fraction of sp³-hybridized carbons (Fsp3) is 0. The molecule has 0 aliphatic rings. The van der Waals surface area contributed by atoms with Gasteiger partial charge in [0.15, 0.2) is 0 Å². The molecule has 0 N–H and O–H groups in total. The van der Waals surface area contributed by atoms with E-state index in [2.05, 4.69) is 322 Å². The minimum absolute atomic E-state index is 0.915. The monoisotopic (exact) mass is 1060 g/mol. The molecule has 1 aromatic heterocycles. The van der Waals surface area contributed by atoms with Crippen molar-refractivity contribution in [3.63, 3.8) is 0 Å². The summed E-state index contributed by atoms with van der Waals surface area (Å²) in [6.07, 6.45) is 0. The third kappa shape index (κ3) is 8.28. The molecule has 16 aromatic rings. The van der Waals surface area contributed by atoms with Crippen LogP contribution in [0.2, 0.25) is 0 Å². The summed E-state index contributed by atoms with van der Waals surface area (Å²) in [7, 11) is 0. The molecular weight excluding hydrogens is 1010 g/mol. The largest absolute Gasteiger partial charge is 0.248 e. The summed E-state index contributed by atoms with van der Waals surface area (Å²) in [5.74, 6) is 0. The van der Waals surface area contributed by atoms with E-state index in [9.17, 15) is 0 Å². The lowest BCUT2D eigenvalue weighted by atomic mass is 9.85. The lowest BCUT2D eigenvalue weighted by Gasteiger charge is -2.18. The first-order valence-electron chi connectivity index (χ1n) is 29.0. The minimum Gasteiger partial charge on any atom is -0.248 e. The molecule has 0 radical (unpaired) electrons. The minimum atomic E-state index is 0.915. The third-order valence-corrected chi connectivity index (χ3v) is 17.3. The quantitative estimate of drug-likeness (QED) is 0.131. The van der Waals surface area contributed by atoms with Crippen molar-refractivity contribution in [3.05, 3.63) is 322 Å². The van der Waals surface area contributed by atoms with Gasteiger partial charge in [-0.05, 0) is 155 Å². The van der Waals surface area contributed by atoms with Crippen molar-refractivity contribution in [2.75, 3.05) is 0 Å². The molecule has 0 atom stereocenters. The number of rotatable bonds is 9. The van der Waals surface area contributed by atoms with Gasteiger partial charge in [0.2, 0.25) is 0 Å². The highest BCUT2D eigenvalue weighted by atomic mass is 14.7. The van der Waals surface area contributed by atoms with E-state index < -0.39 is 0 Å². The van der Waals surface area contributed by atoms with E-state index in [1.165, 1.54) is 131 Å². The molecule has 0 fully saturated rings. The Morgan fingerprint density at radius 1 is 0.131 bits per heavy atom. The maximum atomic E-state index is 5.56. The molecule has 84 heavy (non-hydrogen) atoms. The fourth-order valence-electron chi connectivity index (χ4n) is 13.5. The van der Waals surface area contributed by atoms with Crippen molar-refractivity contribution >= 4 is 64.6 Å². The van der Waals surface area contributed by atoms with Gasteiger partial charge in [-0.15, -0.1) is 0 Å². The summed E-state index contributed by atoms with van der Waals surface area (Å²) in [6.45, 7) is 0. The zero-order valence-electron chi connectivity index (χ0n) is 46.0. The van der Waals surface area contributed by atoms with Gasteiger partial charge in [-0.2, -0.15) is 0 Å². The highest BCUT2D eigenvalue weighted by Crippen LogP contribution is 2.48. The zero-order valence-corrected chi connectivity index (χ0v) is 46.0. The lowest BCUT2D eigenvalue weighted by molar-refractivity contribution is 1.32. The first kappa shape index (κ1) is 48.9. The average Bonchev–Trinajstić information content (AvgIpc) is 1.76. The maximum Gasteiger partial charge on any atom is 0.0715 e. The van der Waals surface area contributed by atoms with Gasteiger partial charge in [-0.3, -0.25) is 0 Å². The summed E-state index contributed by atoms with van der Waals surface area (Å²) in [6, 6.07) is 118. The molecule has 16 rings (SSSR count). The molecule has 1 heterocycles. The smallest absolute Gasteiger partial charge is 0.0715 e. The van der Waals surface area contributed by atoms with E-state index in [4.69, 9.17) is 4.98 Å². The first-order valence-corrected chi connectivity index (χ1v) is 29.0. The van der Waals surface area contributed by atoms with Gasteiger partial charge in [0.05, 0.1) is 11.4 Å². The van der Waals surface area contributed by atoms with Crippen molar-refractivity contribution in [1.29, 1.82) is 0 Å².